The maximum atomic E-state index is 12.2. The molecule has 2 aromatic carbocycles. The SMILES string of the molecule is O=C(NCCc1ccc(OC(F)F)cc1)c1cnn(-c2ccccc2)c1. The first kappa shape index (κ1) is 17.6. The van der Waals surface area contributed by atoms with Gasteiger partial charge in [0.1, 0.15) is 5.75 Å². The molecule has 7 heteroatoms. The van der Waals surface area contributed by atoms with E-state index < -0.39 is 6.61 Å². The monoisotopic (exact) mass is 357 g/mol. The molecule has 0 radical (unpaired) electrons. The quantitative estimate of drug-likeness (QED) is 0.705. The molecule has 1 N–H and O–H groups in total. The highest BCUT2D eigenvalue weighted by molar-refractivity contribution is 5.93. The van der Waals surface area contributed by atoms with Crippen molar-refractivity contribution in [3.63, 3.8) is 0 Å². The van der Waals surface area contributed by atoms with Crippen LogP contribution in [0.2, 0.25) is 0 Å². The average molecular weight is 357 g/mol. The highest BCUT2D eigenvalue weighted by Crippen LogP contribution is 2.15. The van der Waals surface area contributed by atoms with Crippen LogP contribution < -0.4 is 10.1 Å². The normalized spacial score (nSPS) is 10.7. The molecule has 0 aliphatic rings. The Hall–Kier alpha value is -3.22. The van der Waals surface area contributed by atoms with Gasteiger partial charge in [0.25, 0.3) is 5.91 Å². The number of hydrogen-bond donors (Lipinski definition) is 1. The van der Waals surface area contributed by atoms with Crippen molar-refractivity contribution >= 4 is 5.91 Å². The lowest BCUT2D eigenvalue weighted by molar-refractivity contribution is -0.0498. The molecule has 1 amide bonds. The van der Waals surface area contributed by atoms with Crippen LogP contribution in [0.5, 0.6) is 5.75 Å². The van der Waals surface area contributed by atoms with E-state index in [1.54, 1.807) is 23.0 Å². The number of alkyl halides is 2. The van der Waals surface area contributed by atoms with E-state index in [0.29, 0.717) is 18.5 Å². The van der Waals surface area contributed by atoms with Crippen LogP contribution in [0.3, 0.4) is 0 Å². The molecule has 0 unspecified atom stereocenters. The van der Waals surface area contributed by atoms with Crippen LogP contribution in [0.1, 0.15) is 15.9 Å². The van der Waals surface area contributed by atoms with Gasteiger partial charge in [0.2, 0.25) is 0 Å². The lowest BCUT2D eigenvalue weighted by Gasteiger charge is -2.06. The zero-order valence-corrected chi connectivity index (χ0v) is 13.8. The molecule has 3 rings (SSSR count). The molecule has 0 saturated heterocycles. The molecule has 5 nitrogen and oxygen atoms in total. The summed E-state index contributed by atoms with van der Waals surface area (Å²) in [7, 11) is 0. The molecule has 0 saturated carbocycles. The van der Waals surface area contributed by atoms with Crippen molar-refractivity contribution in [2.75, 3.05) is 6.54 Å². The Morgan fingerprint density at radius 1 is 1.12 bits per heavy atom. The third-order valence-corrected chi connectivity index (χ3v) is 3.71. The fourth-order valence-corrected chi connectivity index (χ4v) is 2.42. The second kappa shape index (κ2) is 8.24. The number of para-hydroxylation sites is 1. The average Bonchev–Trinajstić information content (AvgIpc) is 3.14. The molecule has 0 aliphatic heterocycles. The van der Waals surface area contributed by atoms with Gasteiger partial charge in [-0.2, -0.15) is 13.9 Å². The molecular formula is C19H17F2N3O2. The number of nitrogens with zero attached hydrogens (tertiary/aromatic N) is 2. The van der Waals surface area contributed by atoms with Crippen molar-refractivity contribution in [2.45, 2.75) is 13.0 Å². The minimum Gasteiger partial charge on any atom is -0.435 e. The van der Waals surface area contributed by atoms with Gasteiger partial charge in [0.05, 0.1) is 17.4 Å². The van der Waals surface area contributed by atoms with E-state index in [1.807, 2.05) is 30.3 Å². The Morgan fingerprint density at radius 3 is 2.54 bits per heavy atom. The second-order valence-electron chi connectivity index (χ2n) is 5.54. The summed E-state index contributed by atoms with van der Waals surface area (Å²) in [5.41, 5.74) is 2.25. The van der Waals surface area contributed by atoms with Gasteiger partial charge in [0, 0.05) is 12.7 Å². The Balaban J connectivity index is 1.51. The van der Waals surface area contributed by atoms with E-state index in [-0.39, 0.29) is 11.7 Å². The zero-order chi connectivity index (χ0) is 18.4. The number of benzene rings is 2. The molecule has 134 valence electrons. The van der Waals surface area contributed by atoms with Crippen LogP contribution in [0.4, 0.5) is 8.78 Å². The first-order chi connectivity index (χ1) is 12.6. The number of ether oxygens (including phenoxy) is 1. The number of halogens is 2. The number of hydrogen-bond acceptors (Lipinski definition) is 3. The van der Waals surface area contributed by atoms with E-state index >= 15 is 0 Å². The largest absolute Gasteiger partial charge is 0.435 e. The molecule has 1 heterocycles. The lowest BCUT2D eigenvalue weighted by Crippen LogP contribution is -2.25. The maximum absolute atomic E-state index is 12.2. The lowest BCUT2D eigenvalue weighted by atomic mass is 10.1. The molecule has 0 fully saturated rings. The van der Waals surface area contributed by atoms with Crippen LogP contribution >= 0.6 is 0 Å². The van der Waals surface area contributed by atoms with Crippen LogP contribution in [-0.2, 0) is 6.42 Å². The van der Waals surface area contributed by atoms with Gasteiger partial charge in [-0.15, -0.1) is 0 Å². The Bertz CT molecular complexity index is 849. The van der Waals surface area contributed by atoms with Gasteiger partial charge >= 0.3 is 6.61 Å². The molecular weight excluding hydrogens is 340 g/mol. The summed E-state index contributed by atoms with van der Waals surface area (Å²) in [6.45, 7) is -2.42. The molecule has 3 aromatic rings. The number of aromatic nitrogens is 2. The number of carbonyl (C=O) groups excluding carboxylic acids is 1. The number of rotatable bonds is 7. The summed E-state index contributed by atoms with van der Waals surface area (Å²) in [5.74, 6) is -0.106. The van der Waals surface area contributed by atoms with E-state index in [2.05, 4.69) is 15.2 Å². The highest BCUT2D eigenvalue weighted by Gasteiger charge is 2.09. The third kappa shape index (κ3) is 4.66. The first-order valence-corrected chi connectivity index (χ1v) is 8.04. The van der Waals surface area contributed by atoms with Crippen LogP contribution in [0.25, 0.3) is 5.69 Å². The summed E-state index contributed by atoms with van der Waals surface area (Å²) in [6, 6.07) is 15.8. The van der Waals surface area contributed by atoms with Crippen molar-refractivity contribution in [3.05, 3.63) is 78.1 Å². The predicted molar refractivity (Wildman–Crippen MR) is 92.7 cm³/mol. The van der Waals surface area contributed by atoms with E-state index in [9.17, 15) is 13.6 Å². The molecule has 0 aliphatic carbocycles. The van der Waals surface area contributed by atoms with Crippen molar-refractivity contribution < 1.29 is 18.3 Å². The van der Waals surface area contributed by atoms with Gasteiger partial charge in [-0.3, -0.25) is 4.79 Å². The van der Waals surface area contributed by atoms with Crippen LogP contribution in [0, 0.1) is 0 Å². The summed E-state index contributed by atoms with van der Waals surface area (Å²) < 4.78 is 30.1. The number of carbonyl (C=O) groups is 1. The van der Waals surface area contributed by atoms with E-state index in [4.69, 9.17) is 0 Å². The minimum absolute atomic E-state index is 0.112. The predicted octanol–water partition coefficient (Wildman–Crippen LogP) is 3.45. The smallest absolute Gasteiger partial charge is 0.387 e. The van der Waals surface area contributed by atoms with Crippen LogP contribution in [0.15, 0.2) is 67.0 Å². The highest BCUT2D eigenvalue weighted by atomic mass is 19.3. The minimum atomic E-state index is -2.84. The van der Waals surface area contributed by atoms with E-state index in [1.165, 1.54) is 18.3 Å². The Labute approximate surface area is 149 Å². The summed E-state index contributed by atoms with van der Waals surface area (Å²) in [5, 5.41) is 7.00. The fourth-order valence-electron chi connectivity index (χ4n) is 2.42. The van der Waals surface area contributed by atoms with Gasteiger partial charge in [0.15, 0.2) is 0 Å². The van der Waals surface area contributed by atoms with Crippen LogP contribution in [-0.4, -0.2) is 28.8 Å². The molecule has 0 atom stereocenters. The molecule has 1 aromatic heterocycles. The van der Waals surface area contributed by atoms with Crippen molar-refractivity contribution in [3.8, 4) is 11.4 Å². The first-order valence-electron chi connectivity index (χ1n) is 8.04. The van der Waals surface area contributed by atoms with Gasteiger partial charge < -0.3 is 10.1 Å². The Kier molecular flexibility index (Phi) is 5.58. The van der Waals surface area contributed by atoms with Crippen molar-refractivity contribution in [1.82, 2.24) is 15.1 Å². The maximum Gasteiger partial charge on any atom is 0.387 e. The topological polar surface area (TPSA) is 56.1 Å². The standard InChI is InChI=1S/C19H17F2N3O2/c20-19(21)26-17-8-6-14(7-9-17)10-11-22-18(25)15-12-23-24(13-15)16-4-2-1-3-5-16/h1-9,12-13,19H,10-11H2,(H,22,25). The van der Waals surface area contributed by atoms with Gasteiger partial charge in [-0.1, -0.05) is 30.3 Å². The van der Waals surface area contributed by atoms with E-state index in [0.717, 1.165) is 11.3 Å². The summed E-state index contributed by atoms with van der Waals surface area (Å²) >= 11 is 0. The zero-order valence-electron chi connectivity index (χ0n) is 13.8. The van der Waals surface area contributed by atoms with Crippen molar-refractivity contribution in [1.29, 1.82) is 0 Å². The molecule has 0 bridgehead atoms. The summed E-state index contributed by atoms with van der Waals surface area (Å²) in [6.07, 6.45) is 3.76. The van der Waals surface area contributed by atoms with Crippen molar-refractivity contribution in [2.24, 2.45) is 0 Å². The van der Waals surface area contributed by atoms with Gasteiger partial charge in [-0.25, -0.2) is 4.68 Å². The number of nitrogens with one attached hydrogen (secondary N) is 1. The molecule has 26 heavy (non-hydrogen) atoms. The fraction of sp³-hybridized carbons (Fsp3) is 0.158. The summed E-state index contributed by atoms with van der Waals surface area (Å²) in [4.78, 5) is 12.2. The molecule has 0 spiro atoms. The number of amides is 1. The third-order valence-electron chi connectivity index (χ3n) is 3.71. The second-order valence-corrected chi connectivity index (χ2v) is 5.54. The Morgan fingerprint density at radius 2 is 1.85 bits per heavy atom. The van der Waals surface area contributed by atoms with Gasteiger partial charge in [-0.05, 0) is 36.2 Å².